The van der Waals surface area contributed by atoms with Crippen molar-refractivity contribution in [2.24, 2.45) is 17.8 Å². The lowest BCUT2D eigenvalue weighted by molar-refractivity contribution is -0.349. The molecule has 24 heteroatoms. The Hall–Kier alpha value is -4.61. The van der Waals surface area contributed by atoms with Crippen LogP contribution in [0, 0.1) is 24.7 Å². The number of carbonyl (C=O) groups is 3. The number of rotatable bonds is 20. The first-order chi connectivity index (χ1) is 37.0. The smallest absolute Gasteiger partial charge is 0.338 e. The predicted molar refractivity (Wildman–Crippen MR) is 265 cm³/mol. The summed E-state index contributed by atoms with van der Waals surface area (Å²) in [6.45, 7) is 3.37. The van der Waals surface area contributed by atoms with Gasteiger partial charge in [-0.2, -0.15) is 0 Å². The van der Waals surface area contributed by atoms with Crippen molar-refractivity contribution in [1.29, 1.82) is 0 Å². The van der Waals surface area contributed by atoms with Crippen LogP contribution in [-0.4, -0.2) is 209 Å². The summed E-state index contributed by atoms with van der Waals surface area (Å²) in [5, 5.41) is 109. The van der Waals surface area contributed by atoms with E-state index in [2.05, 4.69) is 15.6 Å². The van der Waals surface area contributed by atoms with Crippen molar-refractivity contribution in [1.82, 2.24) is 20.3 Å². The minimum Gasteiger partial charge on any atom is -0.479 e. The Morgan fingerprint density at radius 1 is 0.766 bits per heavy atom. The van der Waals surface area contributed by atoms with Crippen LogP contribution in [0.2, 0.25) is 0 Å². The van der Waals surface area contributed by atoms with Crippen molar-refractivity contribution >= 4 is 17.8 Å². The van der Waals surface area contributed by atoms with Crippen LogP contribution in [0.5, 0.6) is 0 Å². The molecule has 3 saturated heterocycles. The molecular formula is C53H74N4O20. The van der Waals surface area contributed by atoms with Gasteiger partial charge in [0.15, 0.2) is 31.1 Å². The van der Waals surface area contributed by atoms with Gasteiger partial charge in [-0.15, -0.1) is 5.10 Å². The van der Waals surface area contributed by atoms with Crippen LogP contribution < -0.4 is 5.32 Å². The van der Waals surface area contributed by atoms with E-state index < -0.39 is 153 Å². The van der Waals surface area contributed by atoms with Gasteiger partial charge in [0.1, 0.15) is 66.7 Å². The first-order valence-corrected chi connectivity index (χ1v) is 26.6. The van der Waals surface area contributed by atoms with E-state index >= 15 is 0 Å². The highest BCUT2D eigenvalue weighted by Gasteiger charge is 2.54. The molecule has 5 aliphatic rings. The molecule has 9 unspecified atom stereocenters. The standard InChI is InChI=1S/C53H74N4O20/c1-26-11-10-16-31(19-26)33-23-57(56-55-33)38-40(61)36(24-58)74-51(42(38)63)70-18-17-54-48(66)32-20-27(2)45(77-52-44(65)43(64)39(60)28(3)71-52)34(22-32)73-53-47(76-50(69)30-14-8-5-9-15-30)46(41(62)37(25-59)75-53)72-35(49(67)68)21-29-12-6-4-7-13-29/h5,8-11,14-16,19,23,27-29,32,34-47,51-53,58-65H,4,6-7,12-13,17-18,20-22,24-25H2,1-3H3,(H,54,66)(H,67,68)/t27-,28?,32?,34-,35+,36-,37?,38?,39-,40-,41+,42?,43+,44?,45?,46?,47?,51+,52+,53-/m1/s1. The molecule has 24 nitrogen and oxygen atoms in total. The summed E-state index contributed by atoms with van der Waals surface area (Å²) in [7, 11) is 0. The Morgan fingerprint density at radius 3 is 2.18 bits per heavy atom. The van der Waals surface area contributed by atoms with E-state index in [9.17, 15) is 60.3 Å². The molecule has 4 heterocycles. The third-order valence-electron chi connectivity index (χ3n) is 15.5. The van der Waals surface area contributed by atoms with Crippen LogP contribution in [0.15, 0.2) is 60.8 Å². The number of carbonyl (C=O) groups excluding carboxylic acids is 2. The van der Waals surface area contributed by atoms with Crippen LogP contribution in [0.4, 0.5) is 0 Å². The minimum atomic E-state index is -1.75. The number of hydrogen-bond donors (Lipinski definition) is 10. The molecule has 2 aromatic carbocycles. The first-order valence-electron chi connectivity index (χ1n) is 26.6. The Labute approximate surface area is 445 Å². The number of esters is 1. The molecule has 0 spiro atoms. The number of aryl methyl sites for hydroxylation is 1. The zero-order valence-corrected chi connectivity index (χ0v) is 43.2. The van der Waals surface area contributed by atoms with Gasteiger partial charge in [0.25, 0.3) is 0 Å². The van der Waals surface area contributed by atoms with Gasteiger partial charge in [-0.05, 0) is 63.1 Å². The predicted octanol–water partition coefficient (Wildman–Crippen LogP) is 0.123. The van der Waals surface area contributed by atoms with E-state index in [1.807, 2.05) is 31.2 Å². The largest absolute Gasteiger partial charge is 0.479 e. The van der Waals surface area contributed by atoms with Gasteiger partial charge < -0.3 is 89.2 Å². The summed E-state index contributed by atoms with van der Waals surface area (Å²) in [5.74, 6) is -4.18. The maximum Gasteiger partial charge on any atom is 0.338 e. The lowest BCUT2D eigenvalue weighted by Crippen LogP contribution is -2.64. The number of nitrogens with zero attached hydrogens (tertiary/aromatic N) is 3. The molecule has 1 aromatic heterocycles. The second-order valence-corrected chi connectivity index (χ2v) is 21.0. The number of carboxylic acid groups (broad SMARTS) is 1. The van der Waals surface area contributed by atoms with Crippen molar-refractivity contribution < 1.29 is 98.2 Å². The second kappa shape index (κ2) is 26.6. The number of benzene rings is 2. The lowest BCUT2D eigenvalue weighted by atomic mass is 9.77. The maximum absolute atomic E-state index is 14.2. The zero-order chi connectivity index (χ0) is 55.1. The molecule has 1 amide bonds. The average Bonchev–Trinajstić information content (AvgIpc) is 3.94. The Morgan fingerprint density at radius 2 is 1.48 bits per heavy atom. The van der Waals surface area contributed by atoms with Gasteiger partial charge in [-0.3, -0.25) is 4.79 Å². The van der Waals surface area contributed by atoms with Crippen molar-refractivity contribution in [2.45, 2.75) is 183 Å². The van der Waals surface area contributed by atoms with Crippen molar-refractivity contribution in [3.05, 3.63) is 71.9 Å². The molecule has 10 N–H and O–H groups in total. The van der Waals surface area contributed by atoms with Gasteiger partial charge in [0, 0.05) is 18.0 Å². The zero-order valence-electron chi connectivity index (χ0n) is 43.2. The van der Waals surface area contributed by atoms with Gasteiger partial charge >= 0.3 is 11.9 Å². The number of aromatic nitrogens is 3. The molecule has 3 aromatic rings. The van der Waals surface area contributed by atoms with Gasteiger partial charge in [-0.25, -0.2) is 14.3 Å². The van der Waals surface area contributed by atoms with Crippen LogP contribution in [0.25, 0.3) is 11.3 Å². The highest BCUT2D eigenvalue weighted by molar-refractivity contribution is 5.89. The number of aliphatic carboxylic acids is 1. The summed E-state index contributed by atoms with van der Waals surface area (Å²) in [5.41, 5.74) is 2.31. The fourth-order valence-electron chi connectivity index (χ4n) is 11.2. The Balaban J connectivity index is 1.01. The lowest BCUT2D eigenvalue weighted by Gasteiger charge is -2.48. The van der Waals surface area contributed by atoms with E-state index in [1.165, 1.54) is 23.7 Å². The first kappa shape index (κ1) is 58.5. The number of hydrogen-bond acceptors (Lipinski definition) is 21. The van der Waals surface area contributed by atoms with Gasteiger partial charge in [-0.1, -0.05) is 86.2 Å². The number of aliphatic hydroxyl groups excluding tert-OH is 8. The fourth-order valence-corrected chi connectivity index (χ4v) is 11.2. The van der Waals surface area contributed by atoms with E-state index in [0.29, 0.717) is 5.69 Å². The number of carboxylic acids is 1. The van der Waals surface area contributed by atoms with Crippen LogP contribution >= 0.6 is 0 Å². The number of aliphatic hydroxyl groups is 8. The minimum absolute atomic E-state index is 0.000122. The van der Waals surface area contributed by atoms with Crippen molar-refractivity contribution in [3.63, 3.8) is 0 Å². The van der Waals surface area contributed by atoms with Crippen molar-refractivity contribution in [2.75, 3.05) is 26.4 Å². The molecule has 2 aliphatic carbocycles. The molecule has 426 valence electrons. The third-order valence-corrected chi connectivity index (χ3v) is 15.5. The Bertz CT molecular complexity index is 2380. The summed E-state index contributed by atoms with van der Waals surface area (Å²) in [4.78, 5) is 41.0. The van der Waals surface area contributed by atoms with Gasteiger partial charge in [0.05, 0.1) is 49.9 Å². The molecule has 2 saturated carbocycles. The monoisotopic (exact) mass is 1090 g/mol. The SMILES string of the molecule is Cc1cccc(-c2cn(C3C(O)[C@@H](OCCNC(=O)C4C[C@@H](C)C(O[C@@H]5OC(C)[C@@H](O)[C@H](O)C5O)[C@H](O[C@@H]5OC(CO)[C@H](O)C(O[C@@H](CC6CCCCC6)C(=O)O)C5OC(=O)c5ccccc5)C4)O[C@H](CO)[C@H]3O)nn2)c1. The van der Waals surface area contributed by atoms with Crippen molar-refractivity contribution in [3.8, 4) is 11.3 Å². The molecule has 5 fully saturated rings. The van der Waals surface area contributed by atoms with E-state index in [-0.39, 0.29) is 43.9 Å². The number of nitrogens with one attached hydrogen (secondary N) is 1. The van der Waals surface area contributed by atoms with E-state index in [0.717, 1.165) is 43.2 Å². The summed E-state index contributed by atoms with van der Waals surface area (Å²) < 4.78 is 50.3. The molecule has 3 aliphatic heterocycles. The number of ether oxygens (including phenoxy) is 8. The third kappa shape index (κ3) is 13.9. The van der Waals surface area contributed by atoms with Crippen LogP contribution in [0.3, 0.4) is 0 Å². The maximum atomic E-state index is 14.2. The normalized spacial score (nSPS) is 36.4. The number of amides is 1. The highest BCUT2D eigenvalue weighted by Crippen LogP contribution is 2.40. The molecule has 0 radical (unpaired) electrons. The van der Waals surface area contributed by atoms with Gasteiger partial charge in [0.2, 0.25) is 5.91 Å². The highest BCUT2D eigenvalue weighted by atomic mass is 16.7. The molecule has 20 atom stereocenters. The van der Waals surface area contributed by atoms with Crippen LogP contribution in [-0.2, 0) is 47.5 Å². The molecule has 8 rings (SSSR count). The van der Waals surface area contributed by atoms with Crippen LogP contribution in [0.1, 0.15) is 87.2 Å². The molecular weight excluding hydrogens is 1010 g/mol. The topological polar surface area (TPSA) is 350 Å². The van der Waals surface area contributed by atoms with E-state index in [4.69, 9.17) is 37.9 Å². The summed E-state index contributed by atoms with van der Waals surface area (Å²) in [6.07, 6.45) is -18.9. The molecule has 0 bridgehead atoms. The summed E-state index contributed by atoms with van der Waals surface area (Å²) in [6, 6.07) is 14.2. The quantitative estimate of drug-likeness (QED) is 0.0531. The fraction of sp³-hybridized carbons (Fsp3) is 0.679. The molecule has 77 heavy (non-hydrogen) atoms. The summed E-state index contributed by atoms with van der Waals surface area (Å²) >= 11 is 0. The Kier molecular flexibility index (Phi) is 20.2. The average molecular weight is 1090 g/mol. The van der Waals surface area contributed by atoms with E-state index in [1.54, 1.807) is 31.3 Å². The second-order valence-electron chi connectivity index (χ2n) is 21.0.